The smallest absolute Gasteiger partial charge is 0.246 e. The van der Waals surface area contributed by atoms with E-state index < -0.39 is 0 Å². The van der Waals surface area contributed by atoms with Crippen LogP contribution in [0, 0.1) is 0 Å². The first-order valence-electron chi connectivity index (χ1n) is 9.73. The summed E-state index contributed by atoms with van der Waals surface area (Å²) in [6.07, 6.45) is 7.57. The van der Waals surface area contributed by atoms with Gasteiger partial charge < -0.3 is 14.7 Å². The van der Waals surface area contributed by atoms with Crippen molar-refractivity contribution in [3.8, 4) is 0 Å². The molecule has 2 aromatic rings. The lowest BCUT2D eigenvalue weighted by molar-refractivity contribution is -0.126. The van der Waals surface area contributed by atoms with Crippen LogP contribution in [0.25, 0.3) is 6.08 Å². The van der Waals surface area contributed by atoms with Gasteiger partial charge in [-0.1, -0.05) is 23.7 Å². The molecule has 0 saturated carbocycles. The number of halogens is 1. The van der Waals surface area contributed by atoms with E-state index in [9.17, 15) is 4.79 Å². The molecule has 0 unspecified atom stereocenters. The summed E-state index contributed by atoms with van der Waals surface area (Å²) in [6, 6.07) is 9.52. The van der Waals surface area contributed by atoms with Crippen molar-refractivity contribution in [2.24, 2.45) is 0 Å². The molecule has 2 aliphatic heterocycles. The minimum atomic E-state index is 0.0371. The van der Waals surface area contributed by atoms with Gasteiger partial charge >= 0.3 is 0 Å². The Morgan fingerprint density at radius 2 is 1.50 bits per heavy atom. The maximum Gasteiger partial charge on any atom is 0.246 e. The zero-order valence-corrected chi connectivity index (χ0v) is 16.6. The summed E-state index contributed by atoms with van der Waals surface area (Å²) >= 11 is 5.89. The van der Waals surface area contributed by atoms with Gasteiger partial charge in [0, 0.05) is 56.4 Å². The summed E-state index contributed by atoms with van der Waals surface area (Å²) in [7, 11) is 0. The van der Waals surface area contributed by atoms with E-state index in [1.54, 1.807) is 12.4 Å². The fourth-order valence-electron chi connectivity index (χ4n) is 3.63. The van der Waals surface area contributed by atoms with Crippen LogP contribution in [0.3, 0.4) is 0 Å². The number of rotatable bonds is 4. The summed E-state index contributed by atoms with van der Waals surface area (Å²) in [6.45, 7) is 5.06. The molecule has 0 spiro atoms. The first-order valence-corrected chi connectivity index (χ1v) is 10.1. The predicted octanol–water partition coefficient (Wildman–Crippen LogP) is 3.09. The zero-order valence-electron chi connectivity index (χ0n) is 15.8. The summed E-state index contributed by atoms with van der Waals surface area (Å²) in [5.74, 6) is 1.99. The lowest BCUT2D eigenvalue weighted by Crippen LogP contribution is -2.48. The third-order valence-electron chi connectivity index (χ3n) is 5.27. The summed E-state index contributed by atoms with van der Waals surface area (Å²) < 4.78 is 0. The van der Waals surface area contributed by atoms with Crippen LogP contribution in [0.2, 0.25) is 5.02 Å². The van der Waals surface area contributed by atoms with Gasteiger partial charge in [-0.2, -0.15) is 0 Å². The second kappa shape index (κ2) is 8.61. The van der Waals surface area contributed by atoms with E-state index in [1.165, 1.54) is 12.8 Å². The van der Waals surface area contributed by atoms with Crippen LogP contribution in [-0.4, -0.2) is 60.0 Å². The Hall–Kier alpha value is -2.60. The number of carbonyl (C=O) groups excluding carboxylic acids is 1. The van der Waals surface area contributed by atoms with E-state index in [4.69, 9.17) is 11.6 Å². The van der Waals surface area contributed by atoms with Crippen molar-refractivity contribution in [1.82, 2.24) is 14.9 Å². The van der Waals surface area contributed by atoms with Crippen LogP contribution in [0.5, 0.6) is 0 Å². The van der Waals surface area contributed by atoms with E-state index in [1.807, 2.05) is 35.2 Å². The van der Waals surface area contributed by atoms with E-state index in [0.29, 0.717) is 18.1 Å². The van der Waals surface area contributed by atoms with Gasteiger partial charge in [-0.05, 0) is 36.6 Å². The first-order chi connectivity index (χ1) is 13.7. The van der Waals surface area contributed by atoms with Gasteiger partial charge in [0.25, 0.3) is 0 Å². The van der Waals surface area contributed by atoms with Crippen molar-refractivity contribution in [2.45, 2.75) is 12.8 Å². The molecule has 146 valence electrons. The number of amides is 1. The lowest BCUT2D eigenvalue weighted by Gasteiger charge is -2.35. The molecule has 3 heterocycles. The Kier molecular flexibility index (Phi) is 5.76. The van der Waals surface area contributed by atoms with Crippen LogP contribution in [0.15, 0.2) is 42.7 Å². The number of aromatic nitrogens is 2. The topological polar surface area (TPSA) is 52.6 Å². The number of carbonyl (C=O) groups is 1. The SMILES string of the molecule is O=C(/C=C/c1ccc(Cl)cc1)N1CCN(c2cc(N3CCCC3)ncn2)CC1. The van der Waals surface area contributed by atoms with Gasteiger partial charge in [-0.3, -0.25) is 4.79 Å². The number of anilines is 2. The molecule has 1 aromatic heterocycles. The second-order valence-electron chi connectivity index (χ2n) is 7.13. The monoisotopic (exact) mass is 397 g/mol. The molecule has 7 heteroatoms. The number of benzene rings is 1. The van der Waals surface area contributed by atoms with Gasteiger partial charge in [-0.15, -0.1) is 0 Å². The fraction of sp³-hybridized carbons (Fsp3) is 0.381. The first kappa shape index (κ1) is 18.7. The van der Waals surface area contributed by atoms with E-state index in [-0.39, 0.29) is 5.91 Å². The largest absolute Gasteiger partial charge is 0.356 e. The van der Waals surface area contributed by atoms with Gasteiger partial charge in [0.05, 0.1) is 0 Å². The van der Waals surface area contributed by atoms with Crippen LogP contribution in [0.4, 0.5) is 11.6 Å². The summed E-state index contributed by atoms with van der Waals surface area (Å²) in [4.78, 5) is 27.8. The van der Waals surface area contributed by atoms with Crippen molar-refractivity contribution >= 4 is 35.2 Å². The molecule has 0 radical (unpaired) electrons. The number of nitrogens with zero attached hydrogens (tertiary/aromatic N) is 5. The molecule has 1 amide bonds. The van der Waals surface area contributed by atoms with Crippen LogP contribution in [-0.2, 0) is 4.79 Å². The molecule has 0 aliphatic carbocycles. The normalized spacial score (nSPS) is 17.5. The van der Waals surface area contributed by atoms with Crippen molar-refractivity contribution in [1.29, 1.82) is 0 Å². The number of piperazine rings is 1. The zero-order chi connectivity index (χ0) is 19.3. The van der Waals surface area contributed by atoms with Crippen molar-refractivity contribution in [2.75, 3.05) is 49.1 Å². The Bertz CT molecular complexity index is 840. The van der Waals surface area contributed by atoms with Gasteiger partial charge in [0.15, 0.2) is 0 Å². The molecule has 2 aliphatic rings. The minimum absolute atomic E-state index is 0.0371. The molecule has 1 aromatic carbocycles. The van der Waals surface area contributed by atoms with E-state index >= 15 is 0 Å². The molecule has 2 saturated heterocycles. The molecular weight excluding hydrogens is 374 g/mol. The maximum atomic E-state index is 12.5. The molecule has 0 N–H and O–H groups in total. The number of hydrogen-bond acceptors (Lipinski definition) is 5. The van der Waals surface area contributed by atoms with Gasteiger partial charge in [-0.25, -0.2) is 9.97 Å². The predicted molar refractivity (Wildman–Crippen MR) is 113 cm³/mol. The molecule has 0 bridgehead atoms. The van der Waals surface area contributed by atoms with Gasteiger partial charge in [0.1, 0.15) is 18.0 Å². The average Bonchev–Trinajstić information content (AvgIpc) is 3.28. The maximum absolute atomic E-state index is 12.5. The van der Waals surface area contributed by atoms with Crippen LogP contribution >= 0.6 is 11.6 Å². The lowest BCUT2D eigenvalue weighted by atomic mass is 10.2. The van der Waals surface area contributed by atoms with Crippen LogP contribution < -0.4 is 9.80 Å². The second-order valence-corrected chi connectivity index (χ2v) is 7.56. The third-order valence-corrected chi connectivity index (χ3v) is 5.52. The van der Waals surface area contributed by atoms with E-state index in [0.717, 1.165) is 43.4 Å². The van der Waals surface area contributed by atoms with Crippen molar-refractivity contribution in [3.63, 3.8) is 0 Å². The molecular formula is C21H24ClN5O. The molecule has 28 heavy (non-hydrogen) atoms. The Balaban J connectivity index is 1.33. The average molecular weight is 398 g/mol. The quantitative estimate of drug-likeness (QED) is 0.742. The summed E-state index contributed by atoms with van der Waals surface area (Å²) in [5.41, 5.74) is 0.965. The Labute approximate surface area is 170 Å². The van der Waals surface area contributed by atoms with Gasteiger partial charge in [0.2, 0.25) is 5.91 Å². The highest BCUT2D eigenvalue weighted by Gasteiger charge is 2.22. The highest BCUT2D eigenvalue weighted by atomic mass is 35.5. The molecule has 2 fully saturated rings. The highest BCUT2D eigenvalue weighted by molar-refractivity contribution is 6.30. The molecule has 4 rings (SSSR count). The highest BCUT2D eigenvalue weighted by Crippen LogP contribution is 2.22. The molecule has 6 nitrogen and oxygen atoms in total. The van der Waals surface area contributed by atoms with E-state index in [2.05, 4.69) is 25.8 Å². The fourth-order valence-corrected chi connectivity index (χ4v) is 3.76. The Morgan fingerprint density at radius 3 is 2.14 bits per heavy atom. The number of hydrogen-bond donors (Lipinski definition) is 0. The standard InChI is InChI=1S/C21H24ClN5O/c22-18-6-3-17(4-7-18)5-8-21(28)27-13-11-26(12-14-27)20-15-19(23-16-24-20)25-9-1-2-10-25/h3-8,15-16H,1-2,9-14H2/b8-5+. The van der Waals surface area contributed by atoms with Crippen molar-refractivity contribution in [3.05, 3.63) is 53.3 Å². The van der Waals surface area contributed by atoms with Crippen LogP contribution in [0.1, 0.15) is 18.4 Å². The van der Waals surface area contributed by atoms with Crippen molar-refractivity contribution < 1.29 is 4.79 Å². The Morgan fingerprint density at radius 1 is 0.893 bits per heavy atom. The third kappa shape index (κ3) is 4.44. The minimum Gasteiger partial charge on any atom is -0.356 e. The summed E-state index contributed by atoms with van der Waals surface area (Å²) in [5, 5.41) is 0.692. The molecule has 0 atom stereocenters.